The maximum atomic E-state index is 13.3. The largest absolute Gasteiger partial charge is 0.418 e. The number of nitrogens with zero attached hydrogens (tertiary/aromatic N) is 2. The van der Waals surface area contributed by atoms with Crippen LogP contribution in [0.3, 0.4) is 0 Å². The summed E-state index contributed by atoms with van der Waals surface area (Å²) in [5.74, 6) is -0.905. The van der Waals surface area contributed by atoms with E-state index >= 15 is 0 Å². The number of anilines is 2. The average molecular weight is 366 g/mol. The number of fused-ring (bicyclic) bond motifs is 2. The van der Waals surface area contributed by atoms with Crippen molar-refractivity contribution in [2.24, 2.45) is 0 Å². The first-order valence-corrected chi connectivity index (χ1v) is 8.30. The van der Waals surface area contributed by atoms with E-state index in [4.69, 9.17) is 10.5 Å². The van der Waals surface area contributed by atoms with Gasteiger partial charge in [-0.2, -0.15) is 23.0 Å². The van der Waals surface area contributed by atoms with E-state index in [1.165, 1.54) is 6.07 Å². The molecule has 0 amide bonds. The number of carbonyl (C=O) groups is 1. The van der Waals surface area contributed by atoms with Crippen molar-refractivity contribution in [3.05, 3.63) is 40.6 Å². The molecule has 1 aromatic carbocycles. The van der Waals surface area contributed by atoms with Crippen LogP contribution in [-0.4, -0.2) is 28.8 Å². The molecule has 1 unspecified atom stereocenters. The molecule has 138 valence electrons. The highest BCUT2D eigenvalue weighted by Gasteiger charge is 2.38. The Hall–Kier alpha value is -2.55. The van der Waals surface area contributed by atoms with Gasteiger partial charge in [-0.05, 0) is 18.1 Å². The summed E-state index contributed by atoms with van der Waals surface area (Å²) in [4.78, 5) is 13.0. The van der Waals surface area contributed by atoms with Gasteiger partial charge in [0, 0.05) is 18.5 Å². The van der Waals surface area contributed by atoms with Gasteiger partial charge in [0.05, 0.1) is 36.1 Å². The second-order valence-corrected chi connectivity index (χ2v) is 6.40. The molecule has 0 saturated carbocycles. The summed E-state index contributed by atoms with van der Waals surface area (Å²) >= 11 is 0. The third kappa shape index (κ3) is 2.63. The second-order valence-electron chi connectivity index (χ2n) is 6.40. The number of nitrogens with one attached hydrogen (secondary N) is 1. The Bertz CT molecular complexity index is 876. The lowest BCUT2D eigenvalue weighted by Gasteiger charge is -2.28. The number of halogens is 3. The highest BCUT2D eigenvalue weighted by Crippen LogP contribution is 2.42. The molecular formula is C17H17F3N4O2. The minimum Gasteiger partial charge on any atom is -0.384 e. The van der Waals surface area contributed by atoms with Crippen molar-refractivity contribution in [2.75, 3.05) is 24.2 Å². The number of rotatable bonds is 1. The van der Waals surface area contributed by atoms with Crippen LogP contribution >= 0.6 is 0 Å². The second kappa shape index (κ2) is 6.01. The lowest BCUT2D eigenvalue weighted by atomic mass is 9.88. The fraction of sp³-hybridized carbons (Fsp3) is 0.412. The number of nitrogens with two attached hydrogens (primary N) is 1. The molecule has 2 aliphatic rings. The molecule has 2 aliphatic heterocycles. The first-order valence-electron chi connectivity index (χ1n) is 8.30. The monoisotopic (exact) mass is 366 g/mol. The molecule has 0 saturated heterocycles. The Morgan fingerprint density at radius 1 is 1.38 bits per heavy atom. The van der Waals surface area contributed by atoms with Gasteiger partial charge in [-0.1, -0.05) is 12.1 Å². The topological polar surface area (TPSA) is 82.2 Å². The third-order valence-corrected chi connectivity index (χ3v) is 4.86. The normalized spacial score (nSPS) is 19.4. The van der Waals surface area contributed by atoms with Crippen molar-refractivity contribution < 1.29 is 22.7 Å². The molecule has 0 radical (unpaired) electrons. The Labute approximate surface area is 147 Å². The average Bonchev–Trinajstić information content (AvgIpc) is 2.96. The van der Waals surface area contributed by atoms with Crippen LogP contribution in [0.1, 0.15) is 39.5 Å². The number of nitrogen functional groups attached to an aromatic ring is 1. The van der Waals surface area contributed by atoms with Gasteiger partial charge in [-0.15, -0.1) is 0 Å². The molecule has 0 bridgehead atoms. The Kier molecular flexibility index (Phi) is 3.91. The molecule has 0 aliphatic carbocycles. The quantitative estimate of drug-likeness (QED) is 0.811. The van der Waals surface area contributed by atoms with Crippen LogP contribution < -0.4 is 11.1 Å². The van der Waals surface area contributed by atoms with Gasteiger partial charge in [-0.25, -0.2) is 0 Å². The first kappa shape index (κ1) is 16.9. The number of hydrogen-bond acceptors (Lipinski definition) is 5. The molecule has 4 rings (SSSR count). The summed E-state index contributed by atoms with van der Waals surface area (Å²) in [6, 6.07) is 3.87. The summed E-state index contributed by atoms with van der Waals surface area (Å²) in [6.45, 7) is 1.05. The van der Waals surface area contributed by atoms with E-state index in [0.29, 0.717) is 30.7 Å². The number of benzene rings is 1. The molecule has 0 spiro atoms. The van der Waals surface area contributed by atoms with Crippen molar-refractivity contribution >= 4 is 17.4 Å². The molecule has 3 heterocycles. The summed E-state index contributed by atoms with van der Waals surface area (Å²) in [5, 5.41) is 7.03. The minimum absolute atomic E-state index is 0.0385. The Morgan fingerprint density at radius 2 is 2.19 bits per heavy atom. The summed E-state index contributed by atoms with van der Waals surface area (Å²) in [5.41, 5.74) is 6.98. The molecule has 0 fully saturated rings. The van der Waals surface area contributed by atoms with Crippen LogP contribution in [0.15, 0.2) is 18.2 Å². The van der Waals surface area contributed by atoms with Gasteiger partial charge in [0.2, 0.25) is 0 Å². The highest BCUT2D eigenvalue weighted by molar-refractivity contribution is 5.90. The maximum absolute atomic E-state index is 13.3. The summed E-state index contributed by atoms with van der Waals surface area (Å²) in [6.07, 6.45) is -3.56. The number of hydrogen-bond donors (Lipinski definition) is 2. The zero-order valence-corrected chi connectivity index (χ0v) is 13.8. The highest BCUT2D eigenvalue weighted by atomic mass is 19.4. The fourth-order valence-electron chi connectivity index (χ4n) is 3.61. The lowest BCUT2D eigenvalue weighted by Crippen LogP contribution is -2.29. The van der Waals surface area contributed by atoms with E-state index in [9.17, 15) is 18.0 Å². The van der Waals surface area contributed by atoms with Crippen LogP contribution in [0.5, 0.6) is 0 Å². The van der Waals surface area contributed by atoms with Crippen molar-refractivity contribution in [1.82, 2.24) is 9.78 Å². The Balaban J connectivity index is 1.75. The summed E-state index contributed by atoms with van der Waals surface area (Å²) < 4.78 is 46.3. The van der Waals surface area contributed by atoms with E-state index in [2.05, 4.69) is 10.4 Å². The molecule has 26 heavy (non-hydrogen) atoms. The molecule has 1 atom stereocenters. The smallest absolute Gasteiger partial charge is 0.384 e. The zero-order chi connectivity index (χ0) is 18.5. The number of ether oxygens (including phenoxy) is 1. The molecule has 3 N–H and O–H groups in total. The van der Waals surface area contributed by atoms with E-state index < -0.39 is 23.6 Å². The van der Waals surface area contributed by atoms with Gasteiger partial charge in [0.15, 0.2) is 0 Å². The number of carbonyl (C=O) groups excluding carboxylic acids is 1. The van der Waals surface area contributed by atoms with E-state index in [1.807, 2.05) is 0 Å². The number of aromatic nitrogens is 2. The van der Waals surface area contributed by atoms with Gasteiger partial charge >= 0.3 is 6.18 Å². The maximum Gasteiger partial charge on any atom is 0.418 e. The zero-order valence-electron chi connectivity index (χ0n) is 13.8. The van der Waals surface area contributed by atoms with Crippen LogP contribution in [0, 0.1) is 0 Å². The lowest BCUT2D eigenvalue weighted by molar-refractivity contribution is -0.137. The van der Waals surface area contributed by atoms with Gasteiger partial charge in [0.25, 0.3) is 5.91 Å². The molecular weight excluding hydrogens is 349 g/mol. The van der Waals surface area contributed by atoms with Crippen molar-refractivity contribution in [3.63, 3.8) is 0 Å². The van der Waals surface area contributed by atoms with Crippen LogP contribution in [-0.2, 0) is 23.9 Å². The number of alkyl halides is 3. The van der Waals surface area contributed by atoms with Gasteiger partial charge in [-0.3, -0.25) is 4.79 Å². The molecule has 9 heteroatoms. The first-order chi connectivity index (χ1) is 12.4. The van der Waals surface area contributed by atoms with Crippen molar-refractivity contribution in [3.8, 4) is 0 Å². The van der Waals surface area contributed by atoms with E-state index in [0.717, 1.165) is 16.3 Å². The van der Waals surface area contributed by atoms with Crippen molar-refractivity contribution in [1.29, 1.82) is 0 Å². The standard InChI is InChI=1S/C17H17F3N4O2/c18-17(19,20)12-3-1-2-9-10(4-6-22-14(9)12)16(25)24-15(21)11-5-7-26-8-13(11)23-24/h1-3,10,22H,4-8,21H2. The SMILES string of the molecule is Nc1c2c(nn1C(=O)C1CCNc3c1cccc3C(F)(F)F)COCC2. The van der Waals surface area contributed by atoms with Crippen LogP contribution in [0.2, 0.25) is 0 Å². The minimum atomic E-state index is -4.50. The number of para-hydroxylation sites is 1. The molecule has 1 aromatic heterocycles. The van der Waals surface area contributed by atoms with Gasteiger partial charge < -0.3 is 15.8 Å². The predicted molar refractivity (Wildman–Crippen MR) is 87.9 cm³/mol. The Morgan fingerprint density at radius 3 is 2.92 bits per heavy atom. The van der Waals surface area contributed by atoms with E-state index in [1.54, 1.807) is 6.07 Å². The summed E-state index contributed by atoms with van der Waals surface area (Å²) in [7, 11) is 0. The van der Waals surface area contributed by atoms with Gasteiger partial charge in [0.1, 0.15) is 5.82 Å². The van der Waals surface area contributed by atoms with Crippen LogP contribution in [0.4, 0.5) is 24.7 Å². The van der Waals surface area contributed by atoms with E-state index in [-0.39, 0.29) is 24.7 Å². The predicted octanol–water partition coefficient (Wildman–Crippen LogP) is 2.80. The van der Waals surface area contributed by atoms with Crippen molar-refractivity contribution in [2.45, 2.75) is 31.5 Å². The van der Waals surface area contributed by atoms with Crippen LogP contribution in [0.25, 0.3) is 0 Å². The molecule has 6 nitrogen and oxygen atoms in total. The molecule has 2 aromatic rings. The fourth-order valence-corrected chi connectivity index (χ4v) is 3.61. The third-order valence-electron chi connectivity index (χ3n) is 4.86.